The van der Waals surface area contributed by atoms with Crippen LogP contribution >= 0.6 is 0 Å². The Bertz CT molecular complexity index is 830. The number of carbonyl (C=O) groups is 1. The lowest BCUT2D eigenvalue weighted by atomic mass is 9.98. The number of piperidine rings is 1. The van der Waals surface area contributed by atoms with E-state index in [-0.39, 0.29) is 11.8 Å². The third-order valence-corrected chi connectivity index (χ3v) is 4.58. The Hall–Kier alpha value is -2.87. The molecule has 28 heavy (non-hydrogen) atoms. The zero-order valence-corrected chi connectivity index (χ0v) is 16.2. The molecular formula is C20H26FN5O2. The van der Waals surface area contributed by atoms with Crippen LogP contribution in [0.5, 0.6) is 11.5 Å². The maximum absolute atomic E-state index is 13.9. The Labute approximate surface area is 164 Å². The fraction of sp³-hybridized carbons (Fsp3) is 0.400. The van der Waals surface area contributed by atoms with Gasteiger partial charge in [0, 0.05) is 43.7 Å². The largest absolute Gasteiger partial charge is 0.454 e. The SMILES string of the molecule is CN(C)C[C@H]1CCCN(C(=O)Nc2cc(Oc3ccc(N)cc3F)ccn2)C1. The number of hydrogen-bond donors (Lipinski definition) is 2. The van der Waals surface area contributed by atoms with Gasteiger partial charge < -0.3 is 20.3 Å². The summed E-state index contributed by atoms with van der Waals surface area (Å²) in [6, 6.07) is 7.19. The van der Waals surface area contributed by atoms with Crippen LogP contribution in [0.3, 0.4) is 0 Å². The van der Waals surface area contributed by atoms with Crippen molar-refractivity contribution >= 4 is 17.5 Å². The Morgan fingerprint density at radius 2 is 2.21 bits per heavy atom. The molecule has 1 aromatic carbocycles. The standard InChI is InChI=1S/C20H26FN5O2/c1-25(2)12-14-4-3-9-26(13-14)20(27)24-19-11-16(7-8-23-19)28-18-6-5-15(22)10-17(18)21/h5-8,10-11,14H,3-4,9,12-13,22H2,1-2H3,(H,23,24,27)/t14-/m1/s1. The minimum Gasteiger partial charge on any atom is -0.454 e. The summed E-state index contributed by atoms with van der Waals surface area (Å²) in [4.78, 5) is 20.7. The molecule has 1 aliphatic heterocycles. The van der Waals surface area contributed by atoms with E-state index in [0.29, 0.717) is 23.2 Å². The first kappa shape index (κ1) is 19.9. The van der Waals surface area contributed by atoms with Gasteiger partial charge in [0.25, 0.3) is 0 Å². The first-order chi connectivity index (χ1) is 13.4. The van der Waals surface area contributed by atoms with E-state index in [0.717, 1.165) is 32.5 Å². The summed E-state index contributed by atoms with van der Waals surface area (Å²) < 4.78 is 19.5. The van der Waals surface area contributed by atoms with Crippen molar-refractivity contribution in [3.63, 3.8) is 0 Å². The molecule has 1 saturated heterocycles. The third-order valence-electron chi connectivity index (χ3n) is 4.58. The number of benzene rings is 1. The number of aromatic nitrogens is 1. The number of pyridine rings is 1. The average Bonchev–Trinajstić information content (AvgIpc) is 2.64. The van der Waals surface area contributed by atoms with Crippen molar-refractivity contribution < 1.29 is 13.9 Å². The van der Waals surface area contributed by atoms with Gasteiger partial charge in [0.2, 0.25) is 0 Å². The molecule has 0 spiro atoms. The molecule has 0 radical (unpaired) electrons. The van der Waals surface area contributed by atoms with Gasteiger partial charge in [-0.15, -0.1) is 0 Å². The lowest BCUT2D eigenvalue weighted by Crippen LogP contribution is -2.44. The predicted molar refractivity (Wildman–Crippen MR) is 107 cm³/mol. The van der Waals surface area contributed by atoms with Crippen LogP contribution < -0.4 is 15.8 Å². The second-order valence-corrected chi connectivity index (χ2v) is 7.32. The average molecular weight is 387 g/mol. The summed E-state index contributed by atoms with van der Waals surface area (Å²) in [6.07, 6.45) is 3.61. The van der Waals surface area contributed by atoms with E-state index in [1.54, 1.807) is 18.2 Å². The first-order valence-corrected chi connectivity index (χ1v) is 9.30. The van der Waals surface area contributed by atoms with Crippen LogP contribution in [-0.2, 0) is 0 Å². The lowest BCUT2D eigenvalue weighted by Gasteiger charge is -2.33. The highest BCUT2D eigenvalue weighted by atomic mass is 19.1. The molecule has 1 aromatic heterocycles. The second kappa shape index (κ2) is 8.88. The number of rotatable bonds is 5. The van der Waals surface area contributed by atoms with Crippen LogP contribution in [-0.4, -0.2) is 54.5 Å². The van der Waals surface area contributed by atoms with Gasteiger partial charge in [-0.2, -0.15) is 0 Å². The number of nitrogens with one attached hydrogen (secondary N) is 1. The van der Waals surface area contributed by atoms with Gasteiger partial charge >= 0.3 is 6.03 Å². The molecule has 1 aliphatic rings. The van der Waals surface area contributed by atoms with Crippen molar-refractivity contribution in [1.29, 1.82) is 0 Å². The molecule has 150 valence electrons. The number of likely N-dealkylation sites (tertiary alicyclic amines) is 1. The fourth-order valence-electron chi connectivity index (χ4n) is 3.37. The number of carbonyl (C=O) groups excluding carboxylic acids is 1. The van der Waals surface area contributed by atoms with Gasteiger partial charge in [0.1, 0.15) is 11.6 Å². The van der Waals surface area contributed by atoms with Gasteiger partial charge in [-0.05, 0) is 51.1 Å². The Kier molecular flexibility index (Phi) is 6.30. The zero-order valence-electron chi connectivity index (χ0n) is 16.2. The van der Waals surface area contributed by atoms with E-state index < -0.39 is 5.82 Å². The molecule has 0 saturated carbocycles. The minimum absolute atomic E-state index is 0.0558. The monoisotopic (exact) mass is 387 g/mol. The van der Waals surface area contributed by atoms with Crippen molar-refractivity contribution in [2.75, 3.05) is 44.8 Å². The molecule has 3 N–H and O–H groups in total. The molecule has 2 heterocycles. The fourth-order valence-corrected chi connectivity index (χ4v) is 3.37. The highest BCUT2D eigenvalue weighted by molar-refractivity contribution is 5.88. The van der Waals surface area contributed by atoms with Crippen LogP contribution in [0.1, 0.15) is 12.8 Å². The molecule has 0 bridgehead atoms. The Morgan fingerprint density at radius 3 is 2.96 bits per heavy atom. The number of nitrogen functional groups attached to an aromatic ring is 1. The van der Waals surface area contributed by atoms with Crippen LogP contribution in [0.25, 0.3) is 0 Å². The van der Waals surface area contributed by atoms with E-state index in [4.69, 9.17) is 10.5 Å². The predicted octanol–water partition coefficient (Wildman–Crippen LogP) is 3.40. The highest BCUT2D eigenvalue weighted by Gasteiger charge is 2.24. The van der Waals surface area contributed by atoms with Gasteiger partial charge in [-0.25, -0.2) is 14.2 Å². The smallest absolute Gasteiger partial charge is 0.323 e. The van der Waals surface area contributed by atoms with E-state index in [9.17, 15) is 9.18 Å². The Balaban J connectivity index is 1.63. The first-order valence-electron chi connectivity index (χ1n) is 9.30. The molecule has 8 heteroatoms. The molecule has 0 aliphatic carbocycles. The van der Waals surface area contributed by atoms with Crippen LogP contribution in [0.2, 0.25) is 0 Å². The maximum Gasteiger partial charge on any atom is 0.323 e. The van der Waals surface area contributed by atoms with E-state index in [1.165, 1.54) is 18.3 Å². The zero-order chi connectivity index (χ0) is 20.1. The van der Waals surface area contributed by atoms with Crippen LogP contribution in [0.4, 0.5) is 20.7 Å². The van der Waals surface area contributed by atoms with Gasteiger partial charge in [0.15, 0.2) is 11.6 Å². The summed E-state index contributed by atoms with van der Waals surface area (Å²) in [5.41, 5.74) is 5.87. The van der Waals surface area contributed by atoms with Gasteiger partial charge in [-0.1, -0.05) is 0 Å². The lowest BCUT2D eigenvalue weighted by molar-refractivity contribution is 0.162. The number of hydrogen-bond acceptors (Lipinski definition) is 5. The van der Waals surface area contributed by atoms with Gasteiger partial charge in [0.05, 0.1) is 0 Å². The number of halogens is 1. The van der Waals surface area contributed by atoms with Gasteiger partial charge in [-0.3, -0.25) is 5.32 Å². The van der Waals surface area contributed by atoms with Crippen molar-refractivity contribution in [3.8, 4) is 11.5 Å². The molecule has 2 aromatic rings. The number of amides is 2. The second-order valence-electron chi connectivity index (χ2n) is 7.32. The van der Waals surface area contributed by atoms with Crippen molar-refractivity contribution in [3.05, 3.63) is 42.3 Å². The van der Waals surface area contributed by atoms with Crippen molar-refractivity contribution in [2.45, 2.75) is 12.8 Å². The molecule has 0 unspecified atom stereocenters. The highest BCUT2D eigenvalue weighted by Crippen LogP contribution is 2.27. The summed E-state index contributed by atoms with van der Waals surface area (Å²) in [5.74, 6) is 0.694. The quantitative estimate of drug-likeness (QED) is 0.768. The number of nitrogens with two attached hydrogens (primary N) is 1. The van der Waals surface area contributed by atoms with Crippen molar-refractivity contribution in [2.24, 2.45) is 5.92 Å². The van der Waals surface area contributed by atoms with Crippen LogP contribution in [0.15, 0.2) is 36.5 Å². The molecule has 3 rings (SSSR count). The van der Waals surface area contributed by atoms with E-state index in [2.05, 4.69) is 15.2 Å². The normalized spacial score (nSPS) is 16.9. The van der Waals surface area contributed by atoms with Crippen molar-refractivity contribution in [1.82, 2.24) is 14.8 Å². The summed E-state index contributed by atoms with van der Waals surface area (Å²) in [7, 11) is 4.08. The summed E-state index contributed by atoms with van der Waals surface area (Å²) in [6.45, 7) is 2.40. The number of anilines is 2. The third kappa shape index (κ3) is 5.32. The molecule has 1 fully saturated rings. The van der Waals surface area contributed by atoms with Crippen LogP contribution in [0, 0.1) is 11.7 Å². The molecular weight excluding hydrogens is 361 g/mol. The topological polar surface area (TPSA) is 83.7 Å². The van der Waals surface area contributed by atoms with E-state index >= 15 is 0 Å². The molecule has 1 atom stereocenters. The molecule has 7 nitrogen and oxygen atoms in total. The minimum atomic E-state index is -0.553. The number of urea groups is 1. The summed E-state index contributed by atoms with van der Waals surface area (Å²) in [5, 5.41) is 2.80. The van der Waals surface area contributed by atoms with E-state index in [1.807, 2.05) is 19.0 Å². The molecule has 2 amide bonds. The maximum atomic E-state index is 13.9. The Morgan fingerprint density at radius 1 is 1.39 bits per heavy atom. The number of ether oxygens (including phenoxy) is 1. The number of nitrogens with zero attached hydrogens (tertiary/aromatic N) is 3. The summed E-state index contributed by atoms with van der Waals surface area (Å²) >= 11 is 0.